The highest BCUT2D eigenvalue weighted by atomic mass is 19.1. The van der Waals surface area contributed by atoms with Crippen LogP contribution in [0.25, 0.3) is 0 Å². The van der Waals surface area contributed by atoms with Gasteiger partial charge in [-0.25, -0.2) is 8.78 Å². The molecular weight excluding hydrogens is 476 g/mol. The van der Waals surface area contributed by atoms with Crippen molar-refractivity contribution in [3.63, 3.8) is 0 Å². The molecule has 0 aromatic heterocycles. The maximum atomic E-state index is 14.5. The zero-order valence-corrected chi connectivity index (χ0v) is 22.3. The number of nitrogens with one attached hydrogen (secondary N) is 3. The molecule has 1 amide bonds. The molecule has 1 unspecified atom stereocenters. The Bertz CT molecular complexity index is 952. The molecule has 0 radical (unpaired) electrons. The molecule has 0 saturated heterocycles. The van der Waals surface area contributed by atoms with Gasteiger partial charge in [-0.05, 0) is 50.0 Å². The summed E-state index contributed by atoms with van der Waals surface area (Å²) in [6.07, 6.45) is 13.7. The first kappa shape index (κ1) is 30.1. The maximum absolute atomic E-state index is 14.5. The lowest BCUT2D eigenvalue weighted by Crippen LogP contribution is -2.34. The molecule has 1 aliphatic rings. The maximum Gasteiger partial charge on any atom is 0.228 e. The van der Waals surface area contributed by atoms with Crippen molar-refractivity contribution in [1.29, 1.82) is 5.41 Å². The van der Waals surface area contributed by atoms with Gasteiger partial charge >= 0.3 is 0 Å². The third kappa shape index (κ3) is 11.2. The molecule has 9 heteroatoms. The van der Waals surface area contributed by atoms with Crippen LogP contribution in [0.5, 0.6) is 5.75 Å². The number of ether oxygens (including phenoxy) is 1. The summed E-state index contributed by atoms with van der Waals surface area (Å²) >= 11 is 0. The Balaban J connectivity index is 1.85. The van der Waals surface area contributed by atoms with Gasteiger partial charge in [0, 0.05) is 43.6 Å². The van der Waals surface area contributed by atoms with Crippen molar-refractivity contribution in [2.75, 3.05) is 19.7 Å². The van der Waals surface area contributed by atoms with Crippen LogP contribution in [-0.4, -0.2) is 44.0 Å². The van der Waals surface area contributed by atoms with Crippen molar-refractivity contribution in [2.24, 2.45) is 21.8 Å². The van der Waals surface area contributed by atoms with Crippen LogP contribution in [0.4, 0.5) is 8.78 Å². The highest BCUT2D eigenvalue weighted by molar-refractivity contribution is 6.06. The SMILES string of the molecule is CCCCCC1=CNC=NCCC(CCCOc2cc(F)c(C(=N)NC(=O)C(C)C)c(F)c2)CCN=C1. The molecule has 1 aromatic carbocycles. The molecule has 0 fully saturated rings. The average Bonchev–Trinajstić information content (AvgIpc) is 2.83. The van der Waals surface area contributed by atoms with E-state index < -0.39 is 34.9 Å². The van der Waals surface area contributed by atoms with E-state index in [2.05, 4.69) is 27.5 Å². The summed E-state index contributed by atoms with van der Waals surface area (Å²) in [7, 11) is 0. The van der Waals surface area contributed by atoms with E-state index in [1.54, 1.807) is 20.2 Å². The van der Waals surface area contributed by atoms with E-state index in [4.69, 9.17) is 10.1 Å². The number of carbonyl (C=O) groups is 1. The van der Waals surface area contributed by atoms with E-state index in [9.17, 15) is 13.6 Å². The molecule has 37 heavy (non-hydrogen) atoms. The van der Waals surface area contributed by atoms with Gasteiger partial charge in [0.05, 0.1) is 18.5 Å². The Morgan fingerprint density at radius 3 is 2.54 bits per heavy atom. The number of amidine groups is 1. The number of nitrogens with zero attached hydrogens (tertiary/aromatic N) is 2. The van der Waals surface area contributed by atoms with E-state index in [0.717, 1.165) is 63.7 Å². The van der Waals surface area contributed by atoms with E-state index in [1.807, 2.05) is 12.4 Å². The van der Waals surface area contributed by atoms with Gasteiger partial charge in [-0.1, -0.05) is 33.6 Å². The fraction of sp³-hybridized carbons (Fsp3) is 0.571. The average molecular weight is 518 g/mol. The fourth-order valence-electron chi connectivity index (χ4n) is 3.91. The highest BCUT2D eigenvalue weighted by Crippen LogP contribution is 2.22. The summed E-state index contributed by atoms with van der Waals surface area (Å²) in [5.41, 5.74) is 0.599. The highest BCUT2D eigenvalue weighted by Gasteiger charge is 2.19. The van der Waals surface area contributed by atoms with Crippen LogP contribution >= 0.6 is 0 Å². The van der Waals surface area contributed by atoms with Crippen molar-refractivity contribution in [2.45, 2.75) is 72.1 Å². The number of halogens is 2. The van der Waals surface area contributed by atoms with Gasteiger partial charge in [0.15, 0.2) is 0 Å². The van der Waals surface area contributed by atoms with Gasteiger partial charge in [-0.15, -0.1) is 0 Å². The fourth-order valence-corrected chi connectivity index (χ4v) is 3.91. The molecule has 0 spiro atoms. The molecular formula is C28H41F2N5O2. The molecule has 2 rings (SSSR count). The van der Waals surface area contributed by atoms with Gasteiger partial charge in [0.25, 0.3) is 0 Å². The van der Waals surface area contributed by atoms with Crippen LogP contribution < -0.4 is 15.4 Å². The Kier molecular flexibility index (Phi) is 13.5. The summed E-state index contributed by atoms with van der Waals surface area (Å²) in [4.78, 5) is 20.8. The third-order valence-corrected chi connectivity index (χ3v) is 6.16. The molecule has 0 bridgehead atoms. The van der Waals surface area contributed by atoms with E-state index in [-0.39, 0.29) is 5.75 Å². The third-order valence-electron chi connectivity index (χ3n) is 6.16. The number of carbonyl (C=O) groups excluding carboxylic acids is 1. The Morgan fingerprint density at radius 1 is 1.16 bits per heavy atom. The standard InChI is InChI=1S/C28H41F2N5O2/c1-4-5-6-8-22-17-32-12-10-21(11-13-33-19-34-18-22)9-7-14-37-23-15-24(29)26(25(30)16-23)27(31)35-28(36)20(2)3/h15-21H,4-14H2,1-3H3,(H,33,34)(H2,31,35,36). The Morgan fingerprint density at radius 2 is 1.86 bits per heavy atom. The summed E-state index contributed by atoms with van der Waals surface area (Å²) in [5.74, 6) is -2.91. The van der Waals surface area contributed by atoms with E-state index >= 15 is 0 Å². The quantitative estimate of drug-likeness (QED) is 0.197. The zero-order chi connectivity index (χ0) is 27.0. The van der Waals surface area contributed by atoms with Crippen molar-refractivity contribution < 1.29 is 18.3 Å². The lowest BCUT2D eigenvalue weighted by Gasteiger charge is -2.16. The van der Waals surface area contributed by atoms with Crippen LogP contribution in [0.2, 0.25) is 0 Å². The van der Waals surface area contributed by atoms with Crippen LogP contribution in [0, 0.1) is 28.9 Å². The minimum atomic E-state index is -0.948. The second-order valence-corrected chi connectivity index (χ2v) is 9.63. The first-order valence-corrected chi connectivity index (χ1v) is 13.3. The van der Waals surface area contributed by atoms with Crippen LogP contribution in [0.15, 0.2) is 33.9 Å². The number of aliphatic imine (C=N–C) groups is 2. The smallest absolute Gasteiger partial charge is 0.228 e. The van der Waals surface area contributed by atoms with Gasteiger partial charge in [0.1, 0.15) is 23.2 Å². The molecule has 1 aliphatic heterocycles. The van der Waals surface area contributed by atoms with Crippen LogP contribution in [0.3, 0.4) is 0 Å². The molecule has 7 nitrogen and oxygen atoms in total. The first-order chi connectivity index (χ1) is 17.8. The number of amides is 1. The number of benzene rings is 1. The first-order valence-electron chi connectivity index (χ1n) is 13.3. The second kappa shape index (κ2) is 16.6. The molecule has 3 N–H and O–H groups in total. The number of hydrogen-bond acceptors (Lipinski definition) is 6. The molecule has 204 valence electrons. The van der Waals surface area contributed by atoms with Gasteiger partial charge in [-0.2, -0.15) is 0 Å². The van der Waals surface area contributed by atoms with Crippen LogP contribution in [0.1, 0.15) is 77.7 Å². The van der Waals surface area contributed by atoms with Gasteiger partial charge < -0.3 is 15.4 Å². The van der Waals surface area contributed by atoms with E-state index in [0.29, 0.717) is 12.5 Å². The van der Waals surface area contributed by atoms with Crippen LogP contribution in [-0.2, 0) is 4.79 Å². The summed E-state index contributed by atoms with van der Waals surface area (Å²) < 4.78 is 34.6. The molecule has 1 atom stereocenters. The zero-order valence-electron chi connectivity index (χ0n) is 22.3. The lowest BCUT2D eigenvalue weighted by atomic mass is 9.96. The van der Waals surface area contributed by atoms with Gasteiger partial charge in [0.2, 0.25) is 5.91 Å². The van der Waals surface area contributed by atoms with E-state index in [1.165, 1.54) is 18.4 Å². The predicted octanol–water partition coefficient (Wildman–Crippen LogP) is 5.78. The minimum absolute atomic E-state index is 0.0584. The largest absolute Gasteiger partial charge is 0.493 e. The van der Waals surface area contributed by atoms with Crippen molar-refractivity contribution in [1.82, 2.24) is 10.6 Å². The summed E-state index contributed by atoms with van der Waals surface area (Å²) in [5, 5.41) is 13.2. The number of allylic oxidation sites excluding steroid dienone is 1. The van der Waals surface area contributed by atoms with Gasteiger partial charge in [-0.3, -0.25) is 20.2 Å². The summed E-state index contributed by atoms with van der Waals surface area (Å²) in [6, 6.07) is 2.10. The lowest BCUT2D eigenvalue weighted by molar-refractivity contribution is -0.122. The molecule has 1 heterocycles. The monoisotopic (exact) mass is 517 g/mol. The molecule has 0 aliphatic carbocycles. The predicted molar refractivity (Wildman–Crippen MR) is 146 cm³/mol. The number of hydrogen-bond donors (Lipinski definition) is 3. The summed E-state index contributed by atoms with van der Waals surface area (Å²) in [6.45, 7) is 7.24. The Labute approximate surface area is 219 Å². The molecule has 1 aromatic rings. The Hall–Kier alpha value is -3.10. The number of unbranched alkanes of at least 4 members (excludes halogenated alkanes) is 2. The van der Waals surface area contributed by atoms with Crippen molar-refractivity contribution in [3.05, 3.63) is 41.1 Å². The molecule has 0 saturated carbocycles. The second-order valence-electron chi connectivity index (χ2n) is 9.63. The number of rotatable bonds is 11. The normalized spacial score (nSPS) is 16.4. The minimum Gasteiger partial charge on any atom is -0.493 e. The van der Waals surface area contributed by atoms with Crippen molar-refractivity contribution in [3.8, 4) is 5.75 Å². The topological polar surface area (TPSA) is 98.9 Å². The van der Waals surface area contributed by atoms with Crippen molar-refractivity contribution >= 4 is 24.3 Å².